The number of hydrogen-bond donors (Lipinski definition) is 1. The summed E-state index contributed by atoms with van der Waals surface area (Å²) in [5.41, 5.74) is 1.87. The topological polar surface area (TPSA) is 39.1 Å². The lowest BCUT2D eigenvalue weighted by Crippen LogP contribution is -2.50. The average molecular weight is 257 g/mol. The Morgan fingerprint density at radius 1 is 1.32 bits per heavy atom. The summed E-state index contributed by atoms with van der Waals surface area (Å²) in [5, 5.41) is 13.0. The Hall–Kier alpha value is -1.53. The standard InChI is InChI=1S/C16H23N3/c1-13(2)19-9-7-16(12-17,8-10-19)18-15-6-4-5-14(3)11-15/h4-6,11,13,18H,7-10H2,1-3H3. The Morgan fingerprint density at radius 3 is 2.53 bits per heavy atom. The number of aryl methyl sites for hydroxylation is 1. The normalized spacial score (nSPS) is 19.1. The molecule has 1 fully saturated rings. The van der Waals surface area contributed by atoms with Gasteiger partial charge in [-0.3, -0.25) is 0 Å². The Bertz CT molecular complexity index is 465. The summed E-state index contributed by atoms with van der Waals surface area (Å²) in [6, 6.07) is 11.3. The molecule has 1 saturated heterocycles. The zero-order valence-corrected chi connectivity index (χ0v) is 12.1. The maximum Gasteiger partial charge on any atom is 0.127 e. The van der Waals surface area contributed by atoms with Gasteiger partial charge in [-0.1, -0.05) is 12.1 Å². The number of nitrogens with one attached hydrogen (secondary N) is 1. The molecule has 0 saturated carbocycles. The van der Waals surface area contributed by atoms with E-state index in [0.717, 1.165) is 31.6 Å². The number of piperidine rings is 1. The minimum Gasteiger partial charge on any atom is -0.367 e. The Balaban J connectivity index is 2.07. The molecule has 1 heterocycles. The zero-order chi connectivity index (χ0) is 13.9. The number of rotatable bonds is 3. The third-order valence-corrected chi connectivity index (χ3v) is 4.00. The first-order valence-electron chi connectivity index (χ1n) is 7.05. The predicted octanol–water partition coefficient (Wildman–Crippen LogP) is 3.17. The van der Waals surface area contributed by atoms with Gasteiger partial charge in [-0.25, -0.2) is 0 Å². The van der Waals surface area contributed by atoms with Crippen LogP contribution in [-0.2, 0) is 0 Å². The van der Waals surface area contributed by atoms with Crippen molar-refractivity contribution in [1.82, 2.24) is 4.90 Å². The van der Waals surface area contributed by atoms with Crippen molar-refractivity contribution in [3.05, 3.63) is 29.8 Å². The molecule has 0 spiro atoms. The molecule has 1 aliphatic rings. The van der Waals surface area contributed by atoms with E-state index in [1.165, 1.54) is 5.56 Å². The molecule has 19 heavy (non-hydrogen) atoms. The van der Waals surface area contributed by atoms with Crippen LogP contribution in [0.15, 0.2) is 24.3 Å². The molecule has 102 valence electrons. The van der Waals surface area contributed by atoms with Gasteiger partial charge in [-0.2, -0.15) is 5.26 Å². The molecule has 0 bridgehead atoms. The monoisotopic (exact) mass is 257 g/mol. The van der Waals surface area contributed by atoms with Crippen molar-refractivity contribution in [2.75, 3.05) is 18.4 Å². The summed E-state index contributed by atoms with van der Waals surface area (Å²) in [7, 11) is 0. The van der Waals surface area contributed by atoms with E-state index in [-0.39, 0.29) is 0 Å². The lowest BCUT2D eigenvalue weighted by Gasteiger charge is -2.40. The fourth-order valence-electron chi connectivity index (χ4n) is 2.69. The lowest BCUT2D eigenvalue weighted by molar-refractivity contribution is 0.160. The molecule has 1 N–H and O–H groups in total. The van der Waals surface area contributed by atoms with Gasteiger partial charge < -0.3 is 10.2 Å². The SMILES string of the molecule is Cc1cccc(NC2(C#N)CCN(C(C)C)CC2)c1. The quantitative estimate of drug-likeness (QED) is 0.904. The van der Waals surface area contributed by atoms with Crippen LogP contribution in [0.25, 0.3) is 0 Å². The van der Waals surface area contributed by atoms with Crippen molar-refractivity contribution in [2.24, 2.45) is 0 Å². The lowest BCUT2D eigenvalue weighted by atomic mass is 9.88. The van der Waals surface area contributed by atoms with Crippen molar-refractivity contribution >= 4 is 5.69 Å². The molecule has 1 aromatic rings. The fraction of sp³-hybridized carbons (Fsp3) is 0.562. The van der Waals surface area contributed by atoms with Crippen molar-refractivity contribution in [3.8, 4) is 6.07 Å². The van der Waals surface area contributed by atoms with E-state index in [1.54, 1.807) is 0 Å². The molecule has 0 aliphatic carbocycles. The van der Waals surface area contributed by atoms with Crippen LogP contribution in [0.2, 0.25) is 0 Å². The molecule has 0 aromatic heterocycles. The minimum absolute atomic E-state index is 0.404. The highest BCUT2D eigenvalue weighted by Gasteiger charge is 2.35. The van der Waals surface area contributed by atoms with E-state index in [1.807, 2.05) is 12.1 Å². The number of anilines is 1. The average Bonchev–Trinajstić information content (AvgIpc) is 2.39. The smallest absolute Gasteiger partial charge is 0.127 e. The second kappa shape index (κ2) is 5.63. The molecule has 0 atom stereocenters. The van der Waals surface area contributed by atoms with Gasteiger partial charge in [0.25, 0.3) is 0 Å². The second-order valence-electron chi connectivity index (χ2n) is 5.82. The van der Waals surface area contributed by atoms with Crippen LogP contribution in [-0.4, -0.2) is 29.6 Å². The number of likely N-dealkylation sites (tertiary alicyclic amines) is 1. The summed E-state index contributed by atoms with van der Waals surface area (Å²) < 4.78 is 0. The Labute approximate surface area is 116 Å². The van der Waals surface area contributed by atoms with Gasteiger partial charge in [-0.05, 0) is 51.3 Å². The second-order valence-corrected chi connectivity index (χ2v) is 5.82. The highest BCUT2D eigenvalue weighted by Crippen LogP contribution is 2.27. The molecule has 0 amide bonds. The first-order chi connectivity index (χ1) is 9.04. The first kappa shape index (κ1) is 13.9. The maximum atomic E-state index is 9.57. The van der Waals surface area contributed by atoms with E-state index in [2.05, 4.69) is 49.2 Å². The van der Waals surface area contributed by atoms with Crippen LogP contribution >= 0.6 is 0 Å². The Kier molecular flexibility index (Phi) is 4.11. The largest absolute Gasteiger partial charge is 0.367 e. The van der Waals surface area contributed by atoms with Gasteiger partial charge in [0.2, 0.25) is 0 Å². The highest BCUT2D eigenvalue weighted by atomic mass is 15.2. The van der Waals surface area contributed by atoms with E-state index in [0.29, 0.717) is 6.04 Å². The molecule has 3 heteroatoms. The van der Waals surface area contributed by atoms with Gasteiger partial charge >= 0.3 is 0 Å². The summed E-state index contributed by atoms with van der Waals surface area (Å²) in [5.74, 6) is 0. The molecular formula is C16H23N3. The Morgan fingerprint density at radius 2 is 2.00 bits per heavy atom. The summed E-state index contributed by atoms with van der Waals surface area (Å²) in [4.78, 5) is 2.44. The molecule has 0 radical (unpaired) electrons. The van der Waals surface area contributed by atoms with E-state index in [9.17, 15) is 5.26 Å². The number of nitriles is 1. The van der Waals surface area contributed by atoms with Crippen LogP contribution in [0.5, 0.6) is 0 Å². The summed E-state index contributed by atoms with van der Waals surface area (Å²) in [6.07, 6.45) is 1.77. The highest BCUT2D eigenvalue weighted by molar-refractivity contribution is 5.49. The van der Waals surface area contributed by atoms with Crippen molar-refractivity contribution < 1.29 is 0 Å². The van der Waals surface area contributed by atoms with Crippen molar-refractivity contribution in [1.29, 1.82) is 5.26 Å². The van der Waals surface area contributed by atoms with Crippen LogP contribution in [0.4, 0.5) is 5.69 Å². The summed E-state index contributed by atoms with van der Waals surface area (Å²) in [6.45, 7) is 8.49. The van der Waals surface area contributed by atoms with Gasteiger partial charge in [0.05, 0.1) is 6.07 Å². The van der Waals surface area contributed by atoms with E-state index < -0.39 is 5.54 Å². The number of benzene rings is 1. The molecule has 1 aliphatic heterocycles. The summed E-state index contributed by atoms with van der Waals surface area (Å²) >= 11 is 0. The number of hydrogen-bond acceptors (Lipinski definition) is 3. The van der Waals surface area contributed by atoms with Crippen molar-refractivity contribution in [3.63, 3.8) is 0 Å². The third kappa shape index (κ3) is 3.27. The van der Waals surface area contributed by atoms with Crippen LogP contribution in [0.3, 0.4) is 0 Å². The third-order valence-electron chi connectivity index (χ3n) is 4.00. The number of nitrogens with zero attached hydrogens (tertiary/aromatic N) is 2. The maximum absolute atomic E-state index is 9.57. The predicted molar refractivity (Wildman–Crippen MR) is 79.1 cm³/mol. The fourth-order valence-corrected chi connectivity index (χ4v) is 2.69. The van der Waals surface area contributed by atoms with Crippen LogP contribution in [0.1, 0.15) is 32.3 Å². The minimum atomic E-state index is -0.404. The van der Waals surface area contributed by atoms with Gasteiger partial charge in [0.15, 0.2) is 0 Å². The zero-order valence-electron chi connectivity index (χ0n) is 12.1. The molecule has 1 aromatic carbocycles. The van der Waals surface area contributed by atoms with Crippen LogP contribution < -0.4 is 5.32 Å². The van der Waals surface area contributed by atoms with Gasteiger partial charge in [0.1, 0.15) is 5.54 Å². The molecular weight excluding hydrogens is 234 g/mol. The molecule has 3 nitrogen and oxygen atoms in total. The molecule has 0 unspecified atom stereocenters. The van der Waals surface area contributed by atoms with E-state index >= 15 is 0 Å². The van der Waals surface area contributed by atoms with Crippen LogP contribution in [0, 0.1) is 18.3 Å². The van der Waals surface area contributed by atoms with Gasteiger partial charge in [0, 0.05) is 24.8 Å². The van der Waals surface area contributed by atoms with E-state index in [4.69, 9.17) is 0 Å². The van der Waals surface area contributed by atoms with Crippen molar-refractivity contribution in [2.45, 2.75) is 45.2 Å². The molecule has 2 rings (SSSR count). The first-order valence-corrected chi connectivity index (χ1v) is 7.05. The van der Waals surface area contributed by atoms with Gasteiger partial charge in [-0.15, -0.1) is 0 Å².